The molecule has 2 N–H and O–H groups in total. The Labute approximate surface area is 121 Å². The second-order valence-corrected chi connectivity index (χ2v) is 6.70. The Morgan fingerprint density at radius 2 is 2.00 bits per heavy atom. The van der Waals surface area contributed by atoms with Gasteiger partial charge in [0.05, 0.1) is 10.7 Å². The topological polar surface area (TPSA) is 42.1 Å². The summed E-state index contributed by atoms with van der Waals surface area (Å²) in [5, 5.41) is 3.39. The van der Waals surface area contributed by atoms with Crippen LogP contribution in [0.5, 0.6) is 0 Å². The molecule has 0 atom stereocenters. The van der Waals surface area contributed by atoms with Crippen LogP contribution in [-0.2, 0) is 13.0 Å². The Morgan fingerprint density at radius 3 is 2.58 bits per heavy atom. The van der Waals surface area contributed by atoms with Crippen molar-refractivity contribution in [2.24, 2.45) is 11.1 Å². The summed E-state index contributed by atoms with van der Waals surface area (Å²) < 4.78 is 0. The van der Waals surface area contributed by atoms with E-state index in [0.29, 0.717) is 12.0 Å². The molecular weight excluding hydrogens is 254 g/mol. The van der Waals surface area contributed by atoms with E-state index in [4.69, 9.17) is 5.73 Å². The van der Waals surface area contributed by atoms with Crippen molar-refractivity contribution in [1.29, 1.82) is 0 Å². The van der Waals surface area contributed by atoms with Crippen LogP contribution in [0.15, 0.2) is 5.38 Å². The van der Waals surface area contributed by atoms with Crippen LogP contribution in [0.4, 0.5) is 0 Å². The maximum absolute atomic E-state index is 5.57. The highest BCUT2D eigenvalue weighted by Crippen LogP contribution is 2.38. The smallest absolute Gasteiger partial charge is 0.0941 e. The van der Waals surface area contributed by atoms with Gasteiger partial charge in [0.15, 0.2) is 0 Å². The van der Waals surface area contributed by atoms with Crippen LogP contribution in [0.2, 0.25) is 0 Å². The third-order valence-electron chi connectivity index (χ3n) is 4.76. The summed E-state index contributed by atoms with van der Waals surface area (Å²) in [6, 6.07) is 0. The second-order valence-electron chi connectivity index (χ2n) is 5.75. The summed E-state index contributed by atoms with van der Waals surface area (Å²) in [5.41, 5.74) is 7.42. The molecule has 1 aromatic rings. The third kappa shape index (κ3) is 3.77. The summed E-state index contributed by atoms with van der Waals surface area (Å²) >= 11 is 1.75. The molecule has 0 unspecified atom stereocenters. The largest absolute Gasteiger partial charge is 0.330 e. The normalized spacial score (nSPS) is 19.7. The van der Waals surface area contributed by atoms with E-state index in [1.807, 2.05) is 0 Å². The van der Waals surface area contributed by atoms with Gasteiger partial charge in [-0.25, -0.2) is 4.98 Å². The minimum atomic E-state index is 0.614. The van der Waals surface area contributed by atoms with Crippen LogP contribution in [0, 0.1) is 5.41 Å². The molecule has 1 saturated heterocycles. The van der Waals surface area contributed by atoms with Crippen molar-refractivity contribution in [2.75, 3.05) is 19.6 Å². The molecule has 2 rings (SSSR count). The molecule has 0 bridgehead atoms. The number of nitrogens with two attached hydrogens (primary N) is 1. The van der Waals surface area contributed by atoms with E-state index in [1.165, 1.54) is 49.5 Å². The predicted octanol–water partition coefficient (Wildman–Crippen LogP) is 3.05. The first-order valence-electron chi connectivity index (χ1n) is 7.57. The predicted molar refractivity (Wildman–Crippen MR) is 82.4 cm³/mol. The SMILES string of the molecule is CCC1(CC)CCN(Cc2csc(CCN)n2)CC1. The van der Waals surface area contributed by atoms with E-state index in [9.17, 15) is 0 Å². The second kappa shape index (κ2) is 6.82. The maximum atomic E-state index is 5.57. The number of hydrogen-bond donors (Lipinski definition) is 1. The van der Waals surface area contributed by atoms with Crippen LogP contribution in [-0.4, -0.2) is 29.5 Å². The average molecular weight is 281 g/mol. The summed E-state index contributed by atoms with van der Waals surface area (Å²) in [4.78, 5) is 7.23. The molecule has 0 amide bonds. The zero-order valence-electron chi connectivity index (χ0n) is 12.3. The molecule has 1 aliphatic heterocycles. The minimum absolute atomic E-state index is 0.614. The minimum Gasteiger partial charge on any atom is -0.330 e. The Hall–Kier alpha value is -0.450. The maximum Gasteiger partial charge on any atom is 0.0941 e. The number of nitrogens with zero attached hydrogens (tertiary/aromatic N) is 2. The molecule has 2 heterocycles. The lowest BCUT2D eigenvalue weighted by Crippen LogP contribution is -2.39. The van der Waals surface area contributed by atoms with Crippen molar-refractivity contribution in [3.05, 3.63) is 16.1 Å². The van der Waals surface area contributed by atoms with Gasteiger partial charge in [-0.3, -0.25) is 4.90 Å². The number of piperidine rings is 1. The Balaban J connectivity index is 1.84. The van der Waals surface area contributed by atoms with Crippen LogP contribution in [0.1, 0.15) is 50.2 Å². The zero-order valence-corrected chi connectivity index (χ0v) is 13.1. The standard InChI is InChI=1S/C15H27N3S/c1-3-15(4-2)6-9-18(10-7-15)11-13-12-19-14(17-13)5-8-16/h12H,3-11,16H2,1-2H3. The molecule has 19 heavy (non-hydrogen) atoms. The molecule has 0 aromatic carbocycles. The third-order valence-corrected chi connectivity index (χ3v) is 5.72. The molecule has 1 aromatic heterocycles. The summed E-state index contributed by atoms with van der Waals surface area (Å²) in [7, 11) is 0. The fraction of sp³-hybridized carbons (Fsp3) is 0.800. The first-order valence-corrected chi connectivity index (χ1v) is 8.45. The molecule has 0 aliphatic carbocycles. The molecule has 0 saturated carbocycles. The van der Waals surface area contributed by atoms with Gasteiger partial charge in [-0.05, 0) is 37.9 Å². The van der Waals surface area contributed by atoms with E-state index in [1.54, 1.807) is 11.3 Å². The quantitative estimate of drug-likeness (QED) is 0.871. The monoisotopic (exact) mass is 281 g/mol. The van der Waals surface area contributed by atoms with Crippen molar-refractivity contribution in [2.45, 2.75) is 52.5 Å². The first-order chi connectivity index (χ1) is 9.21. The van der Waals surface area contributed by atoms with E-state index in [2.05, 4.69) is 29.1 Å². The fourth-order valence-electron chi connectivity index (χ4n) is 3.03. The van der Waals surface area contributed by atoms with Gasteiger partial charge in [-0.2, -0.15) is 0 Å². The van der Waals surface area contributed by atoms with Gasteiger partial charge in [0.25, 0.3) is 0 Å². The lowest BCUT2D eigenvalue weighted by molar-refractivity contribution is 0.0902. The van der Waals surface area contributed by atoms with Gasteiger partial charge in [-0.1, -0.05) is 26.7 Å². The molecule has 1 fully saturated rings. The highest BCUT2D eigenvalue weighted by Gasteiger charge is 2.31. The Kier molecular flexibility index (Phi) is 5.37. The van der Waals surface area contributed by atoms with Gasteiger partial charge in [-0.15, -0.1) is 11.3 Å². The van der Waals surface area contributed by atoms with Gasteiger partial charge in [0.2, 0.25) is 0 Å². The Bertz CT molecular complexity index is 374. The number of thiazole rings is 1. The van der Waals surface area contributed by atoms with Crippen molar-refractivity contribution in [3.63, 3.8) is 0 Å². The van der Waals surface area contributed by atoms with Crippen LogP contribution >= 0.6 is 11.3 Å². The number of rotatable bonds is 6. The van der Waals surface area contributed by atoms with Gasteiger partial charge >= 0.3 is 0 Å². The van der Waals surface area contributed by atoms with E-state index in [0.717, 1.165) is 13.0 Å². The van der Waals surface area contributed by atoms with E-state index >= 15 is 0 Å². The van der Waals surface area contributed by atoms with Crippen molar-refractivity contribution < 1.29 is 0 Å². The number of aromatic nitrogens is 1. The lowest BCUT2D eigenvalue weighted by atomic mass is 9.74. The highest BCUT2D eigenvalue weighted by atomic mass is 32.1. The molecule has 0 spiro atoms. The molecule has 108 valence electrons. The van der Waals surface area contributed by atoms with Gasteiger partial charge in [0, 0.05) is 18.3 Å². The molecule has 3 nitrogen and oxygen atoms in total. The van der Waals surface area contributed by atoms with Crippen LogP contribution in [0.3, 0.4) is 0 Å². The zero-order chi connectivity index (χ0) is 13.7. The fourth-order valence-corrected chi connectivity index (χ4v) is 3.84. The summed E-state index contributed by atoms with van der Waals surface area (Å²) in [6.07, 6.45) is 6.27. The number of likely N-dealkylation sites (tertiary alicyclic amines) is 1. The summed E-state index contributed by atoms with van der Waals surface area (Å²) in [5.74, 6) is 0. The lowest BCUT2D eigenvalue weighted by Gasteiger charge is -2.40. The summed E-state index contributed by atoms with van der Waals surface area (Å²) in [6.45, 7) is 8.87. The number of hydrogen-bond acceptors (Lipinski definition) is 4. The van der Waals surface area contributed by atoms with Crippen LogP contribution < -0.4 is 5.73 Å². The highest BCUT2D eigenvalue weighted by molar-refractivity contribution is 7.09. The van der Waals surface area contributed by atoms with Gasteiger partial charge in [0.1, 0.15) is 0 Å². The molecule has 1 aliphatic rings. The van der Waals surface area contributed by atoms with E-state index < -0.39 is 0 Å². The molecule has 4 heteroatoms. The molecule has 0 radical (unpaired) electrons. The van der Waals surface area contributed by atoms with Gasteiger partial charge < -0.3 is 5.73 Å². The van der Waals surface area contributed by atoms with Crippen molar-refractivity contribution in [3.8, 4) is 0 Å². The van der Waals surface area contributed by atoms with Crippen molar-refractivity contribution >= 4 is 11.3 Å². The van der Waals surface area contributed by atoms with E-state index in [-0.39, 0.29) is 0 Å². The average Bonchev–Trinajstić information content (AvgIpc) is 2.88. The molecular formula is C15H27N3S. The Morgan fingerprint density at radius 1 is 1.32 bits per heavy atom. The van der Waals surface area contributed by atoms with Crippen LogP contribution in [0.25, 0.3) is 0 Å². The van der Waals surface area contributed by atoms with Crippen molar-refractivity contribution in [1.82, 2.24) is 9.88 Å². The first kappa shape index (κ1) is 14.9.